The quantitative estimate of drug-likeness (QED) is 0.0794. The number of rotatable bonds is 0. The van der Waals surface area contributed by atoms with Crippen LogP contribution in [0, 0.1) is 41.7 Å². The van der Waals surface area contributed by atoms with E-state index in [9.17, 15) is 0 Å². The Morgan fingerprint density at radius 2 is 0.239 bits per heavy atom. The molecular formula is C14H14CeCrO28TiZr. The van der Waals surface area contributed by atoms with Gasteiger partial charge in [-0.05, 0) is 0 Å². The van der Waals surface area contributed by atoms with Gasteiger partial charge in [0.25, 0.3) is 0 Å². The third-order valence-corrected chi connectivity index (χ3v) is 1.28. The van der Waals surface area contributed by atoms with E-state index in [0.717, 1.165) is 0 Å². The number of carboxylic acid groups (broad SMARTS) is 14. The van der Waals surface area contributed by atoms with Gasteiger partial charge >= 0.3 is 83.6 Å². The molecule has 0 aromatic rings. The van der Waals surface area contributed by atoms with Gasteiger partial charge < -0.3 is 71.5 Å². The van der Waals surface area contributed by atoms with Gasteiger partial charge in [-0.2, -0.15) is 0 Å². The van der Waals surface area contributed by atoms with Crippen molar-refractivity contribution in [2.24, 2.45) is 0 Å². The molecule has 0 atom stereocenters. The number of hydrogen-bond acceptors (Lipinski definition) is 14. The molecular weight excluding hydrogens is 947 g/mol. The van der Waals surface area contributed by atoms with E-state index in [0.29, 0.717) is 0 Å². The molecule has 0 saturated heterocycles. The van der Waals surface area contributed by atoms with Gasteiger partial charge in [0.2, 0.25) is 0 Å². The Morgan fingerprint density at radius 1 is 0.217 bits per heavy atom. The second-order valence-electron chi connectivity index (χ2n) is 4.27. The summed E-state index contributed by atoms with van der Waals surface area (Å²) < 4.78 is 0. The second-order valence-corrected chi connectivity index (χ2v) is 4.27. The summed E-state index contributed by atoms with van der Waals surface area (Å²) in [5, 5.41) is 103. The summed E-state index contributed by atoms with van der Waals surface area (Å²) in [5.74, 6) is -25.5. The van der Waals surface area contributed by atoms with Crippen molar-refractivity contribution in [1.82, 2.24) is 0 Å². The zero-order valence-corrected chi connectivity index (χ0v) is 29.3. The molecule has 0 aliphatic heterocycles. The maximum atomic E-state index is 9.10. The first-order chi connectivity index (χ1) is 18.5. The van der Waals surface area contributed by atoms with Crippen LogP contribution in [0.25, 0.3) is 0 Å². The van der Waals surface area contributed by atoms with Crippen LogP contribution in [0.5, 0.6) is 0 Å². The molecule has 0 aromatic carbocycles. The predicted octanol–water partition coefficient (Wildman–Crippen LogP) is -5.92. The van der Waals surface area contributed by atoms with E-state index in [-0.39, 0.29) is 107 Å². The van der Waals surface area contributed by atoms with E-state index < -0.39 is 83.6 Å². The zero-order valence-electron chi connectivity index (χ0n) is 20.9. The summed E-state index contributed by atoms with van der Waals surface area (Å²) in [5.41, 5.74) is 0. The van der Waals surface area contributed by atoms with Crippen molar-refractivity contribution in [1.29, 1.82) is 0 Å². The van der Waals surface area contributed by atoms with E-state index in [1.165, 1.54) is 0 Å². The number of carboxylic acids is 14. The van der Waals surface area contributed by atoms with Gasteiger partial charge in [0.1, 0.15) is 0 Å². The predicted molar refractivity (Wildman–Crippen MR) is 107 cm³/mol. The summed E-state index contributed by atoms with van der Waals surface area (Å²) in [6, 6.07) is 0. The first-order valence-corrected chi connectivity index (χ1v) is 7.74. The fraction of sp³-hybridized carbons (Fsp3) is 0. The van der Waals surface area contributed by atoms with Crippen LogP contribution in [0.4, 0.5) is 0 Å². The molecule has 0 radical (unpaired) electrons. The molecule has 0 heterocycles. The minimum absolute atomic E-state index is 0. The van der Waals surface area contributed by atoms with Crippen LogP contribution in [-0.4, -0.2) is 155 Å². The fourth-order valence-electron chi connectivity index (χ4n) is 0. The average Bonchev–Trinajstić information content (AvgIpc) is 2.80. The van der Waals surface area contributed by atoms with Crippen LogP contribution >= 0.6 is 0 Å². The topological polar surface area (TPSA) is 522 Å². The van der Waals surface area contributed by atoms with Crippen molar-refractivity contribution < 1.29 is 246 Å². The summed E-state index contributed by atoms with van der Waals surface area (Å²) in [4.78, 5) is 127. The third kappa shape index (κ3) is 106. The zero-order chi connectivity index (χ0) is 36.1. The molecule has 0 saturated carbocycles. The molecule has 0 unspecified atom stereocenters. The van der Waals surface area contributed by atoms with Gasteiger partial charge in [-0.25, -0.2) is 67.1 Å². The van der Waals surface area contributed by atoms with E-state index in [4.69, 9.17) is 139 Å². The fourth-order valence-corrected chi connectivity index (χ4v) is 0. The Hall–Kier alpha value is -3.91. The van der Waals surface area contributed by atoms with Crippen LogP contribution in [0.15, 0.2) is 0 Å². The van der Waals surface area contributed by atoms with Gasteiger partial charge in [0.05, 0.1) is 0 Å². The van der Waals surface area contributed by atoms with E-state index in [1.54, 1.807) is 0 Å². The Labute approximate surface area is 326 Å². The van der Waals surface area contributed by atoms with Crippen molar-refractivity contribution in [2.45, 2.75) is 0 Å². The Bertz CT molecular complexity index is 764. The maximum Gasteiger partial charge on any atom is 0.414 e. The molecule has 0 rings (SSSR count). The van der Waals surface area contributed by atoms with Crippen molar-refractivity contribution in [3.8, 4) is 0 Å². The summed E-state index contributed by atoms with van der Waals surface area (Å²) >= 11 is 0. The summed E-state index contributed by atoms with van der Waals surface area (Å²) in [6.07, 6.45) is 0. The minimum atomic E-state index is -1.82. The molecule has 14 N–H and O–H groups in total. The molecule has 28 nitrogen and oxygen atoms in total. The van der Waals surface area contributed by atoms with Gasteiger partial charge in [0.15, 0.2) is 0 Å². The Balaban J connectivity index is -0.0000000340. The molecule has 0 fully saturated rings. The second kappa shape index (κ2) is 45.5. The van der Waals surface area contributed by atoms with Gasteiger partial charge in [-0.3, -0.25) is 0 Å². The molecule has 0 aliphatic carbocycles. The van der Waals surface area contributed by atoms with Crippen LogP contribution in [0.1, 0.15) is 0 Å². The van der Waals surface area contributed by atoms with Crippen LogP contribution in [-0.2, 0) is 132 Å². The van der Waals surface area contributed by atoms with Gasteiger partial charge in [0, 0.05) is 107 Å². The maximum absolute atomic E-state index is 9.10. The van der Waals surface area contributed by atoms with Crippen molar-refractivity contribution in [3.63, 3.8) is 0 Å². The van der Waals surface area contributed by atoms with Crippen molar-refractivity contribution in [2.75, 3.05) is 0 Å². The number of aliphatic carboxylic acids is 14. The van der Waals surface area contributed by atoms with Crippen molar-refractivity contribution >= 4 is 83.6 Å². The van der Waals surface area contributed by atoms with E-state index in [1.807, 2.05) is 0 Å². The Kier molecular flexibility index (Phi) is 72.7. The molecule has 46 heavy (non-hydrogen) atoms. The molecule has 0 bridgehead atoms. The molecule has 0 amide bonds. The standard InChI is InChI=1S/7C2H2O4.Ce.Cr.Ti.Zr/c7*3-1(4)2(5)6;;;;/h7*(H,3,4)(H,5,6);;;;. The largest absolute Gasteiger partial charge is 0.473 e. The first-order valence-electron chi connectivity index (χ1n) is 7.74. The number of hydrogen-bond donors (Lipinski definition) is 14. The van der Waals surface area contributed by atoms with Gasteiger partial charge in [-0.1, -0.05) is 0 Å². The molecule has 0 aliphatic rings. The summed E-state index contributed by atoms with van der Waals surface area (Å²) in [7, 11) is 0. The normalized spacial score (nSPS) is 6.70. The molecule has 0 aromatic heterocycles. The smallest absolute Gasteiger partial charge is 0.414 e. The average molecular weight is 961 g/mol. The summed E-state index contributed by atoms with van der Waals surface area (Å²) in [6.45, 7) is 0. The van der Waals surface area contributed by atoms with Crippen LogP contribution < -0.4 is 0 Å². The first kappa shape index (κ1) is 73.5. The van der Waals surface area contributed by atoms with Crippen LogP contribution in [0.3, 0.4) is 0 Å². The van der Waals surface area contributed by atoms with Gasteiger partial charge in [-0.15, -0.1) is 0 Å². The molecule has 256 valence electrons. The number of carbonyl (C=O) groups is 14. The Morgan fingerprint density at radius 3 is 0.239 bits per heavy atom. The minimum Gasteiger partial charge on any atom is -0.473 e. The third-order valence-electron chi connectivity index (χ3n) is 1.28. The van der Waals surface area contributed by atoms with E-state index >= 15 is 0 Å². The molecule has 32 heteroatoms. The van der Waals surface area contributed by atoms with Crippen molar-refractivity contribution in [3.05, 3.63) is 0 Å². The molecule has 0 spiro atoms. The SMILES string of the molecule is O=C(O)C(=O)O.O=C(O)C(=O)O.O=C(O)C(=O)O.O=C(O)C(=O)O.O=C(O)C(=O)O.O=C(O)C(=O)O.O=C(O)C(=O)O.[Ce].[Cr].[Ti].[Zr]. The monoisotopic (exact) mass is 960 g/mol. The van der Waals surface area contributed by atoms with E-state index in [2.05, 4.69) is 0 Å². The van der Waals surface area contributed by atoms with Crippen LogP contribution in [0.2, 0.25) is 0 Å².